The van der Waals surface area contributed by atoms with Crippen LogP contribution in [0.3, 0.4) is 0 Å². The lowest BCUT2D eigenvalue weighted by atomic mass is 10.0. The number of methoxy groups -OCH3 is 2. The number of carbonyl (C=O) groups excluding carboxylic acids is 1. The van der Waals surface area contributed by atoms with Gasteiger partial charge in [-0.2, -0.15) is 0 Å². The molecule has 6 heteroatoms. The van der Waals surface area contributed by atoms with Crippen LogP contribution in [0.2, 0.25) is 0 Å². The van der Waals surface area contributed by atoms with Gasteiger partial charge in [0.1, 0.15) is 11.5 Å². The van der Waals surface area contributed by atoms with Crippen LogP contribution in [-0.4, -0.2) is 43.4 Å². The van der Waals surface area contributed by atoms with Gasteiger partial charge >= 0.3 is 0 Å². The molecule has 0 saturated carbocycles. The van der Waals surface area contributed by atoms with Crippen LogP contribution in [0.25, 0.3) is 0 Å². The van der Waals surface area contributed by atoms with Gasteiger partial charge in [0.05, 0.1) is 32.9 Å². The summed E-state index contributed by atoms with van der Waals surface area (Å²) in [7, 11) is 3.28. The van der Waals surface area contributed by atoms with E-state index in [1.54, 1.807) is 14.2 Å². The Labute approximate surface area is 194 Å². The Balaban J connectivity index is 1.46. The lowest BCUT2D eigenvalue weighted by molar-refractivity contribution is -0.132. The third-order valence-corrected chi connectivity index (χ3v) is 5.64. The number of benzene rings is 3. The largest absolute Gasteiger partial charge is 0.497 e. The monoisotopic (exact) mass is 444 g/mol. The molecule has 0 radical (unpaired) electrons. The fraction of sp³-hybridized carbons (Fsp3) is 0.259. The van der Waals surface area contributed by atoms with E-state index in [1.807, 2.05) is 83.8 Å². The van der Waals surface area contributed by atoms with E-state index in [1.165, 1.54) is 0 Å². The molecule has 0 N–H and O–H groups in total. The highest BCUT2D eigenvalue weighted by molar-refractivity contribution is 6.01. The fourth-order valence-corrected chi connectivity index (χ4v) is 3.85. The molecular formula is C27H28N2O4. The Hall–Kier alpha value is -3.80. The predicted octanol–water partition coefficient (Wildman–Crippen LogP) is 4.47. The van der Waals surface area contributed by atoms with Crippen molar-refractivity contribution >= 4 is 11.6 Å². The van der Waals surface area contributed by atoms with Crippen LogP contribution < -0.4 is 9.47 Å². The fourth-order valence-electron chi connectivity index (χ4n) is 3.85. The molecule has 0 aromatic heterocycles. The van der Waals surface area contributed by atoms with Crippen LogP contribution in [-0.2, 0) is 22.6 Å². The van der Waals surface area contributed by atoms with Gasteiger partial charge < -0.3 is 19.2 Å². The zero-order valence-electron chi connectivity index (χ0n) is 18.9. The minimum absolute atomic E-state index is 0.0468. The van der Waals surface area contributed by atoms with Crippen LogP contribution in [0.1, 0.15) is 23.1 Å². The van der Waals surface area contributed by atoms with Gasteiger partial charge in [-0.3, -0.25) is 4.79 Å². The minimum Gasteiger partial charge on any atom is -0.497 e. The average Bonchev–Trinajstić information content (AvgIpc) is 3.33. The average molecular weight is 445 g/mol. The number of hydrogen-bond donors (Lipinski definition) is 0. The summed E-state index contributed by atoms with van der Waals surface area (Å²) in [6.07, 6.45) is 0.774. The Morgan fingerprint density at radius 3 is 2.39 bits per heavy atom. The number of rotatable bonds is 9. The zero-order valence-corrected chi connectivity index (χ0v) is 18.9. The van der Waals surface area contributed by atoms with E-state index in [0.717, 1.165) is 33.9 Å². The number of oxime groups is 1. The van der Waals surface area contributed by atoms with Gasteiger partial charge in [-0.25, -0.2) is 0 Å². The van der Waals surface area contributed by atoms with Crippen molar-refractivity contribution in [1.82, 2.24) is 4.90 Å². The molecule has 170 valence electrons. The SMILES string of the molecule is COc1ccc(C2=NO[C@@H](CN(Cc3cccc(OC)c3)C(=O)Cc3ccccc3)C2)cc1. The Kier molecular flexibility index (Phi) is 7.25. The molecule has 1 aliphatic rings. The van der Waals surface area contributed by atoms with Crippen LogP contribution in [0.15, 0.2) is 84.0 Å². The van der Waals surface area contributed by atoms with Crippen molar-refractivity contribution in [3.05, 3.63) is 95.6 Å². The summed E-state index contributed by atoms with van der Waals surface area (Å²) in [5.41, 5.74) is 3.86. The summed E-state index contributed by atoms with van der Waals surface area (Å²) in [5, 5.41) is 4.29. The molecule has 0 unspecified atom stereocenters. The van der Waals surface area contributed by atoms with Gasteiger partial charge in [0, 0.05) is 13.0 Å². The van der Waals surface area contributed by atoms with Gasteiger partial charge in [-0.1, -0.05) is 47.6 Å². The molecule has 3 aromatic rings. The molecule has 0 saturated heterocycles. The Bertz CT molecular complexity index is 1100. The number of ether oxygens (including phenoxy) is 2. The highest BCUT2D eigenvalue weighted by Gasteiger charge is 2.27. The molecule has 3 aromatic carbocycles. The van der Waals surface area contributed by atoms with Gasteiger partial charge in [-0.05, 0) is 53.1 Å². The number of nitrogens with zero attached hydrogens (tertiary/aromatic N) is 2. The quantitative estimate of drug-likeness (QED) is 0.489. The van der Waals surface area contributed by atoms with E-state index < -0.39 is 0 Å². The van der Waals surface area contributed by atoms with Crippen molar-refractivity contribution in [2.24, 2.45) is 5.16 Å². The highest BCUT2D eigenvalue weighted by atomic mass is 16.6. The zero-order chi connectivity index (χ0) is 23.0. The van der Waals surface area contributed by atoms with Crippen molar-refractivity contribution in [2.75, 3.05) is 20.8 Å². The third kappa shape index (κ3) is 5.92. The second kappa shape index (κ2) is 10.7. The minimum atomic E-state index is -0.201. The first-order valence-corrected chi connectivity index (χ1v) is 11.0. The summed E-state index contributed by atoms with van der Waals surface area (Å²) in [5.74, 6) is 1.61. The summed E-state index contributed by atoms with van der Waals surface area (Å²) < 4.78 is 10.6. The highest BCUT2D eigenvalue weighted by Crippen LogP contribution is 2.22. The molecule has 1 amide bonds. The van der Waals surface area contributed by atoms with Gasteiger partial charge in [0.25, 0.3) is 0 Å². The smallest absolute Gasteiger partial charge is 0.227 e. The second-order valence-electron chi connectivity index (χ2n) is 7.99. The van der Waals surface area contributed by atoms with Crippen molar-refractivity contribution in [2.45, 2.75) is 25.5 Å². The Morgan fingerprint density at radius 2 is 1.67 bits per heavy atom. The van der Waals surface area contributed by atoms with E-state index in [4.69, 9.17) is 14.3 Å². The van der Waals surface area contributed by atoms with E-state index >= 15 is 0 Å². The maximum Gasteiger partial charge on any atom is 0.227 e. The van der Waals surface area contributed by atoms with Crippen LogP contribution >= 0.6 is 0 Å². The van der Waals surface area contributed by atoms with Gasteiger partial charge in [-0.15, -0.1) is 0 Å². The maximum absolute atomic E-state index is 13.3. The van der Waals surface area contributed by atoms with E-state index in [0.29, 0.717) is 25.9 Å². The lowest BCUT2D eigenvalue weighted by Crippen LogP contribution is -2.38. The molecule has 33 heavy (non-hydrogen) atoms. The second-order valence-corrected chi connectivity index (χ2v) is 7.99. The maximum atomic E-state index is 13.3. The van der Waals surface area contributed by atoms with Crippen LogP contribution in [0.5, 0.6) is 11.5 Å². The molecule has 0 fully saturated rings. The number of hydrogen-bond acceptors (Lipinski definition) is 5. The first kappa shape index (κ1) is 22.4. The summed E-state index contributed by atoms with van der Waals surface area (Å²) in [6, 6.07) is 25.3. The van der Waals surface area contributed by atoms with Crippen LogP contribution in [0, 0.1) is 0 Å². The normalized spacial score (nSPS) is 14.8. The molecule has 1 aliphatic heterocycles. The first-order valence-electron chi connectivity index (χ1n) is 11.0. The van der Waals surface area contributed by atoms with Gasteiger partial charge in [0.2, 0.25) is 5.91 Å². The molecule has 0 bridgehead atoms. The molecule has 0 aliphatic carbocycles. The Morgan fingerprint density at radius 1 is 0.939 bits per heavy atom. The molecule has 0 spiro atoms. The van der Waals surface area contributed by atoms with Crippen molar-refractivity contribution in [3.8, 4) is 11.5 Å². The third-order valence-electron chi connectivity index (χ3n) is 5.64. The van der Waals surface area contributed by atoms with E-state index in [-0.39, 0.29) is 12.0 Å². The van der Waals surface area contributed by atoms with E-state index in [9.17, 15) is 4.79 Å². The van der Waals surface area contributed by atoms with Gasteiger partial charge in [0.15, 0.2) is 6.10 Å². The molecular weight excluding hydrogens is 416 g/mol. The molecule has 1 atom stereocenters. The summed E-state index contributed by atoms with van der Waals surface area (Å²) in [4.78, 5) is 20.8. The number of carbonyl (C=O) groups is 1. The summed E-state index contributed by atoms with van der Waals surface area (Å²) in [6.45, 7) is 0.923. The molecule has 4 rings (SSSR count). The van der Waals surface area contributed by atoms with Crippen molar-refractivity contribution in [3.63, 3.8) is 0 Å². The predicted molar refractivity (Wildman–Crippen MR) is 128 cm³/mol. The van der Waals surface area contributed by atoms with Crippen molar-refractivity contribution in [1.29, 1.82) is 0 Å². The number of amides is 1. The summed E-state index contributed by atoms with van der Waals surface area (Å²) >= 11 is 0. The van der Waals surface area contributed by atoms with Crippen molar-refractivity contribution < 1.29 is 19.1 Å². The van der Waals surface area contributed by atoms with E-state index in [2.05, 4.69) is 5.16 Å². The van der Waals surface area contributed by atoms with Crippen LogP contribution in [0.4, 0.5) is 0 Å². The molecule has 1 heterocycles. The molecule has 6 nitrogen and oxygen atoms in total. The topological polar surface area (TPSA) is 60.4 Å². The lowest BCUT2D eigenvalue weighted by Gasteiger charge is -2.25. The standard InChI is InChI=1S/C27H28N2O4/c1-31-23-13-11-22(12-14-23)26-17-25(33-28-26)19-29(18-21-9-6-10-24(15-21)32-2)27(30)16-20-7-4-3-5-8-20/h3-15,25H,16-19H2,1-2H3/t25-/m1/s1. The first-order chi connectivity index (χ1) is 16.1.